The number of carbonyl (C=O) groups excluding carboxylic acids is 1. The molecule has 0 saturated carbocycles. The highest BCUT2D eigenvalue weighted by Crippen LogP contribution is 2.41. The number of nitrogens with zero attached hydrogens (tertiary/aromatic N) is 2. The third kappa shape index (κ3) is 6.99. The van der Waals surface area contributed by atoms with Crippen molar-refractivity contribution in [3.05, 3.63) is 117 Å². The van der Waals surface area contributed by atoms with Crippen molar-refractivity contribution in [3.8, 4) is 17.2 Å². The third-order valence-electron chi connectivity index (χ3n) is 6.96. The number of methoxy groups -OCH3 is 1. The van der Waals surface area contributed by atoms with Crippen LogP contribution in [0.25, 0.3) is 6.08 Å². The normalized spacial score (nSPS) is 14.6. The van der Waals surface area contributed by atoms with Crippen LogP contribution in [0.4, 0.5) is 0 Å². The summed E-state index contributed by atoms with van der Waals surface area (Å²) >= 11 is 17.2. The number of fused-ring (bicyclic) bond motifs is 1. The van der Waals surface area contributed by atoms with Gasteiger partial charge in [0.2, 0.25) is 0 Å². The van der Waals surface area contributed by atoms with Crippen LogP contribution >= 0.6 is 50.5 Å². The molecule has 0 aliphatic carbocycles. The van der Waals surface area contributed by atoms with Crippen LogP contribution in [0, 0.1) is 0 Å². The minimum absolute atomic E-state index is 0.170. The van der Waals surface area contributed by atoms with Crippen molar-refractivity contribution in [3.63, 3.8) is 0 Å². The van der Waals surface area contributed by atoms with Gasteiger partial charge in [-0.3, -0.25) is 9.36 Å². The molecule has 1 atom stereocenters. The van der Waals surface area contributed by atoms with Crippen molar-refractivity contribution in [1.29, 1.82) is 0 Å². The number of thiazole rings is 1. The number of aromatic nitrogens is 1. The van der Waals surface area contributed by atoms with Crippen LogP contribution in [0.3, 0.4) is 0 Å². The third-order valence-corrected chi connectivity index (χ3v) is 9.22. The molecule has 12 heteroatoms. The lowest BCUT2D eigenvalue weighted by Crippen LogP contribution is -2.40. The summed E-state index contributed by atoms with van der Waals surface area (Å²) in [6, 6.07) is 15.3. The zero-order valence-corrected chi connectivity index (χ0v) is 28.8. The van der Waals surface area contributed by atoms with E-state index in [0.717, 1.165) is 11.1 Å². The molecule has 8 nitrogen and oxygen atoms in total. The summed E-state index contributed by atoms with van der Waals surface area (Å²) < 4.78 is 25.4. The molecule has 3 aromatic carbocycles. The van der Waals surface area contributed by atoms with E-state index in [1.165, 1.54) is 23.0 Å². The molecule has 1 aromatic heterocycles. The average Bonchev–Trinajstić information content (AvgIpc) is 3.30. The fourth-order valence-electron chi connectivity index (χ4n) is 4.92. The SMILES string of the molecule is CCOC(=O)C1=C(C)N=c2s/c(=C/c3cccc(OCc4ccc(Cl)cc4Cl)c3)c(=O)n2[C@@H]1c1cc(OC)c(OCC)cc1Br. The Balaban J connectivity index is 1.59. The molecule has 0 N–H and O–H groups in total. The molecule has 4 aromatic rings. The topological polar surface area (TPSA) is 88.4 Å². The minimum Gasteiger partial charge on any atom is -0.493 e. The number of carbonyl (C=O) groups is 1. The van der Waals surface area contributed by atoms with E-state index in [1.807, 2.05) is 37.3 Å². The smallest absolute Gasteiger partial charge is 0.338 e. The second-order valence-electron chi connectivity index (χ2n) is 9.86. The summed E-state index contributed by atoms with van der Waals surface area (Å²) in [5.41, 5.74) is 2.58. The molecule has 234 valence electrons. The van der Waals surface area contributed by atoms with Crippen LogP contribution in [0.15, 0.2) is 80.1 Å². The zero-order valence-electron chi connectivity index (χ0n) is 24.9. The van der Waals surface area contributed by atoms with Gasteiger partial charge in [0.1, 0.15) is 12.4 Å². The van der Waals surface area contributed by atoms with Crippen molar-refractivity contribution in [2.45, 2.75) is 33.4 Å². The highest BCUT2D eigenvalue weighted by Gasteiger charge is 2.35. The summed E-state index contributed by atoms with van der Waals surface area (Å²) in [6.07, 6.45) is 1.78. The van der Waals surface area contributed by atoms with E-state index in [2.05, 4.69) is 20.9 Å². The van der Waals surface area contributed by atoms with Crippen molar-refractivity contribution < 1.29 is 23.7 Å². The van der Waals surface area contributed by atoms with Crippen molar-refractivity contribution >= 4 is 62.5 Å². The number of ether oxygens (including phenoxy) is 4. The maximum Gasteiger partial charge on any atom is 0.338 e. The number of halogens is 3. The first-order valence-electron chi connectivity index (χ1n) is 14.0. The molecule has 0 saturated heterocycles. The highest BCUT2D eigenvalue weighted by molar-refractivity contribution is 9.10. The summed E-state index contributed by atoms with van der Waals surface area (Å²) in [7, 11) is 1.54. The number of benzene rings is 3. The molecule has 0 unspecified atom stereocenters. The molecule has 0 fully saturated rings. The summed E-state index contributed by atoms with van der Waals surface area (Å²) in [5, 5.41) is 1.07. The molecular weight excluding hydrogens is 703 g/mol. The van der Waals surface area contributed by atoms with Gasteiger partial charge in [-0.25, -0.2) is 9.79 Å². The molecule has 0 radical (unpaired) electrons. The maximum absolute atomic E-state index is 14.1. The maximum atomic E-state index is 14.1. The first-order valence-corrected chi connectivity index (χ1v) is 16.4. The molecule has 0 amide bonds. The fraction of sp³-hybridized carbons (Fsp3) is 0.242. The minimum atomic E-state index is -0.833. The Hall–Kier alpha value is -3.57. The van der Waals surface area contributed by atoms with Crippen molar-refractivity contribution in [1.82, 2.24) is 4.57 Å². The number of rotatable bonds is 10. The standard InChI is InChI=1S/C33H29BrCl2N2O6S/c1-5-42-27-16-24(34)23(15-26(27)41-4)30-29(32(40)43-6-2)18(3)37-33-38(30)31(39)28(45-33)13-19-8-7-9-22(12-19)44-17-20-10-11-21(35)14-25(20)36/h7-16,30H,5-6,17H2,1-4H3/b28-13+/t30-/m1/s1. The predicted octanol–water partition coefficient (Wildman–Crippen LogP) is 6.85. The van der Waals surface area contributed by atoms with E-state index < -0.39 is 12.0 Å². The van der Waals surface area contributed by atoms with Crippen molar-refractivity contribution in [2.75, 3.05) is 20.3 Å². The van der Waals surface area contributed by atoms with E-state index in [9.17, 15) is 9.59 Å². The van der Waals surface area contributed by atoms with Gasteiger partial charge in [-0.2, -0.15) is 0 Å². The summed E-state index contributed by atoms with van der Waals surface area (Å²) in [4.78, 5) is 32.6. The highest BCUT2D eigenvalue weighted by atomic mass is 79.9. The van der Waals surface area contributed by atoms with Gasteiger partial charge in [0.05, 0.1) is 42.2 Å². The quantitative estimate of drug-likeness (QED) is 0.166. The lowest BCUT2D eigenvalue weighted by molar-refractivity contribution is -0.139. The number of hydrogen-bond donors (Lipinski definition) is 0. The van der Waals surface area contributed by atoms with Gasteiger partial charge in [0.15, 0.2) is 16.3 Å². The summed E-state index contributed by atoms with van der Waals surface area (Å²) in [5.74, 6) is 1.04. The Labute approximate surface area is 282 Å². The Kier molecular flexibility index (Phi) is 10.4. The van der Waals surface area contributed by atoms with Gasteiger partial charge >= 0.3 is 5.97 Å². The molecule has 0 spiro atoms. The van der Waals surface area contributed by atoms with Gasteiger partial charge in [-0.1, -0.05) is 68.7 Å². The fourth-order valence-corrected chi connectivity index (χ4v) is 6.97. The van der Waals surface area contributed by atoms with Gasteiger partial charge in [-0.05, 0) is 74.4 Å². The lowest BCUT2D eigenvalue weighted by Gasteiger charge is -2.26. The van der Waals surface area contributed by atoms with Crippen molar-refractivity contribution in [2.24, 2.45) is 4.99 Å². The summed E-state index contributed by atoms with van der Waals surface area (Å²) in [6.45, 7) is 6.20. The van der Waals surface area contributed by atoms with Gasteiger partial charge in [-0.15, -0.1) is 0 Å². The molecule has 45 heavy (non-hydrogen) atoms. The van der Waals surface area contributed by atoms with Gasteiger partial charge in [0, 0.05) is 20.1 Å². The van der Waals surface area contributed by atoms with Crippen LogP contribution in [-0.2, 0) is 16.1 Å². The first-order chi connectivity index (χ1) is 21.6. The number of hydrogen-bond acceptors (Lipinski definition) is 8. The van der Waals surface area contributed by atoms with Gasteiger partial charge < -0.3 is 18.9 Å². The molecule has 5 rings (SSSR count). The van der Waals surface area contributed by atoms with Crippen LogP contribution in [0.2, 0.25) is 10.0 Å². The van der Waals surface area contributed by atoms with Crippen LogP contribution in [0.5, 0.6) is 17.2 Å². The Bertz CT molecular complexity index is 1990. The van der Waals surface area contributed by atoms with E-state index in [0.29, 0.717) is 59.0 Å². The van der Waals surface area contributed by atoms with Crippen LogP contribution in [-0.4, -0.2) is 30.9 Å². The van der Waals surface area contributed by atoms with E-state index in [4.69, 9.17) is 42.1 Å². The van der Waals surface area contributed by atoms with Crippen LogP contribution < -0.4 is 29.1 Å². The zero-order chi connectivity index (χ0) is 32.2. The lowest BCUT2D eigenvalue weighted by atomic mass is 9.95. The average molecular weight is 732 g/mol. The Morgan fingerprint density at radius 3 is 2.58 bits per heavy atom. The van der Waals surface area contributed by atoms with E-state index in [-0.39, 0.29) is 24.3 Å². The Morgan fingerprint density at radius 2 is 1.87 bits per heavy atom. The Morgan fingerprint density at radius 1 is 1.07 bits per heavy atom. The molecular formula is C33H29BrCl2N2O6S. The van der Waals surface area contributed by atoms with E-state index in [1.54, 1.807) is 44.2 Å². The second-order valence-corrected chi connectivity index (χ2v) is 12.6. The van der Waals surface area contributed by atoms with E-state index >= 15 is 0 Å². The molecule has 2 heterocycles. The largest absolute Gasteiger partial charge is 0.493 e. The van der Waals surface area contributed by atoms with Crippen LogP contribution in [0.1, 0.15) is 43.5 Å². The van der Waals surface area contributed by atoms with Gasteiger partial charge in [0.25, 0.3) is 5.56 Å². The second kappa shape index (κ2) is 14.2. The molecule has 1 aliphatic heterocycles. The monoisotopic (exact) mass is 730 g/mol. The number of allylic oxidation sites excluding steroid dienone is 1. The molecule has 0 bridgehead atoms. The molecule has 1 aliphatic rings. The predicted molar refractivity (Wildman–Crippen MR) is 179 cm³/mol. The first kappa shape index (κ1) is 32.8. The number of esters is 1.